The molecule has 0 aliphatic heterocycles. The smallest absolute Gasteiger partial charge is 0.234 e. The molecule has 3 aromatic heterocycles. The molecule has 0 bridgehead atoms. The predicted octanol–water partition coefficient (Wildman–Crippen LogP) is 4.35. The number of ketones is 1. The van der Waals surface area contributed by atoms with Crippen molar-refractivity contribution in [1.29, 1.82) is 0 Å². The van der Waals surface area contributed by atoms with Crippen molar-refractivity contribution in [3.8, 4) is 16.5 Å². The highest BCUT2D eigenvalue weighted by Gasteiger charge is 2.17. The lowest BCUT2D eigenvalue weighted by Gasteiger charge is -2.08. The summed E-state index contributed by atoms with van der Waals surface area (Å²) < 4.78 is 3.04. The van der Waals surface area contributed by atoms with Gasteiger partial charge in [0.2, 0.25) is 5.95 Å². The van der Waals surface area contributed by atoms with Crippen LogP contribution in [0.25, 0.3) is 26.6 Å². The third-order valence-corrected chi connectivity index (χ3v) is 4.81. The first-order valence-electron chi connectivity index (χ1n) is 7.23. The number of carbonyl (C=O) groups is 1. The zero-order valence-corrected chi connectivity index (χ0v) is 13.2. The Balaban J connectivity index is 1.97. The van der Waals surface area contributed by atoms with Crippen molar-refractivity contribution in [2.75, 3.05) is 0 Å². The lowest BCUT2D eigenvalue weighted by Crippen LogP contribution is -2.08. The third kappa shape index (κ3) is 2.35. The molecule has 4 aromatic rings. The van der Waals surface area contributed by atoms with Crippen molar-refractivity contribution in [3.05, 3.63) is 66.6 Å². The maximum absolute atomic E-state index is 12.0. The second-order valence-corrected chi connectivity index (χ2v) is 6.28. The van der Waals surface area contributed by atoms with Crippen molar-refractivity contribution < 1.29 is 4.79 Å². The minimum absolute atomic E-state index is 0.00943. The van der Waals surface area contributed by atoms with E-state index >= 15 is 0 Å². The Morgan fingerprint density at radius 1 is 1.04 bits per heavy atom. The first-order chi connectivity index (χ1) is 11.2. The van der Waals surface area contributed by atoms with Gasteiger partial charge >= 0.3 is 0 Å². The van der Waals surface area contributed by atoms with Gasteiger partial charge in [-0.15, -0.1) is 11.3 Å². The number of benzene rings is 1. The first-order valence-corrected chi connectivity index (χ1v) is 8.05. The summed E-state index contributed by atoms with van der Waals surface area (Å²) in [5, 5.41) is 1.19. The average Bonchev–Trinajstić information content (AvgIpc) is 3.19. The molecular formula is C18H13N3OS. The van der Waals surface area contributed by atoms with Crippen LogP contribution in [0.5, 0.6) is 0 Å². The van der Waals surface area contributed by atoms with Crippen LogP contribution in [-0.4, -0.2) is 20.3 Å². The van der Waals surface area contributed by atoms with Gasteiger partial charge in [-0.2, -0.15) is 0 Å². The molecule has 0 unspecified atom stereocenters. The van der Waals surface area contributed by atoms with E-state index in [4.69, 9.17) is 0 Å². The predicted molar refractivity (Wildman–Crippen MR) is 92.2 cm³/mol. The van der Waals surface area contributed by atoms with Gasteiger partial charge in [0.25, 0.3) is 0 Å². The SMILES string of the molecule is CC(=O)c1ccc(-c2cc3ccccc3s2)n1-c1ncccn1. The lowest BCUT2D eigenvalue weighted by molar-refractivity contribution is 0.101. The summed E-state index contributed by atoms with van der Waals surface area (Å²) >= 11 is 1.70. The number of carbonyl (C=O) groups excluding carboxylic acids is 1. The Bertz CT molecular complexity index is 968. The number of thiophene rings is 1. The van der Waals surface area contributed by atoms with E-state index in [1.54, 1.807) is 36.7 Å². The average molecular weight is 319 g/mol. The summed E-state index contributed by atoms with van der Waals surface area (Å²) in [7, 11) is 0. The van der Waals surface area contributed by atoms with Gasteiger partial charge in [0.05, 0.1) is 16.3 Å². The van der Waals surface area contributed by atoms with Crippen LogP contribution in [0.4, 0.5) is 0 Å². The highest BCUT2D eigenvalue weighted by molar-refractivity contribution is 7.22. The minimum Gasteiger partial charge on any atom is -0.293 e. The fourth-order valence-electron chi connectivity index (χ4n) is 2.63. The normalized spacial score (nSPS) is 11.0. The molecular weight excluding hydrogens is 306 g/mol. The fraction of sp³-hybridized carbons (Fsp3) is 0.0556. The summed E-state index contributed by atoms with van der Waals surface area (Å²) in [6.07, 6.45) is 3.36. The molecule has 23 heavy (non-hydrogen) atoms. The Hall–Kier alpha value is -2.79. The van der Waals surface area contributed by atoms with Gasteiger partial charge in [-0.1, -0.05) is 18.2 Å². The van der Waals surface area contributed by atoms with Crippen molar-refractivity contribution in [2.45, 2.75) is 6.92 Å². The van der Waals surface area contributed by atoms with Crippen LogP contribution in [0.1, 0.15) is 17.4 Å². The Labute approximate surface area is 137 Å². The molecule has 0 fully saturated rings. The van der Waals surface area contributed by atoms with E-state index in [2.05, 4.69) is 28.2 Å². The van der Waals surface area contributed by atoms with Crippen LogP contribution in [0.3, 0.4) is 0 Å². The quantitative estimate of drug-likeness (QED) is 0.527. The van der Waals surface area contributed by atoms with Gasteiger partial charge in [0.1, 0.15) is 0 Å². The number of fused-ring (bicyclic) bond motifs is 1. The number of aromatic nitrogens is 3. The molecule has 0 aliphatic carbocycles. The summed E-state index contributed by atoms with van der Waals surface area (Å²) in [5.41, 5.74) is 1.52. The number of rotatable bonds is 3. The van der Waals surface area contributed by atoms with Gasteiger partial charge in [-0.05, 0) is 35.7 Å². The molecule has 0 amide bonds. The minimum atomic E-state index is -0.00943. The van der Waals surface area contributed by atoms with Crippen LogP contribution in [0.2, 0.25) is 0 Å². The van der Waals surface area contributed by atoms with E-state index in [-0.39, 0.29) is 5.78 Å². The van der Waals surface area contributed by atoms with E-state index in [1.165, 1.54) is 10.1 Å². The van der Waals surface area contributed by atoms with Crippen molar-refractivity contribution in [3.63, 3.8) is 0 Å². The van der Waals surface area contributed by atoms with Crippen LogP contribution in [-0.2, 0) is 0 Å². The van der Waals surface area contributed by atoms with Crippen molar-refractivity contribution >= 4 is 27.2 Å². The molecule has 4 nitrogen and oxygen atoms in total. The molecule has 0 atom stereocenters. The molecule has 0 saturated heterocycles. The molecule has 3 heterocycles. The molecule has 112 valence electrons. The molecule has 0 radical (unpaired) electrons. The maximum Gasteiger partial charge on any atom is 0.234 e. The van der Waals surface area contributed by atoms with E-state index in [0.717, 1.165) is 10.6 Å². The van der Waals surface area contributed by atoms with Gasteiger partial charge in [0.15, 0.2) is 5.78 Å². The van der Waals surface area contributed by atoms with Crippen LogP contribution < -0.4 is 0 Å². The second-order valence-electron chi connectivity index (χ2n) is 5.19. The number of nitrogens with zero attached hydrogens (tertiary/aromatic N) is 3. The Morgan fingerprint density at radius 3 is 2.57 bits per heavy atom. The lowest BCUT2D eigenvalue weighted by atomic mass is 10.2. The number of hydrogen-bond acceptors (Lipinski definition) is 4. The topological polar surface area (TPSA) is 47.8 Å². The molecule has 4 rings (SSSR count). The first kappa shape index (κ1) is 13.8. The Kier molecular flexibility index (Phi) is 3.28. The fourth-order valence-corrected chi connectivity index (χ4v) is 3.71. The van der Waals surface area contributed by atoms with Crippen LogP contribution in [0, 0.1) is 0 Å². The molecule has 0 N–H and O–H groups in total. The molecule has 0 aliphatic rings. The highest BCUT2D eigenvalue weighted by atomic mass is 32.1. The van der Waals surface area contributed by atoms with Gasteiger partial charge < -0.3 is 0 Å². The zero-order valence-electron chi connectivity index (χ0n) is 12.4. The zero-order chi connectivity index (χ0) is 15.8. The standard InChI is InChI=1S/C18H13N3OS/c1-12(22)14-7-8-15(21(14)18-19-9-4-10-20-18)17-11-13-5-2-3-6-16(13)23-17/h2-11H,1H3. The molecule has 0 spiro atoms. The van der Waals surface area contributed by atoms with E-state index in [9.17, 15) is 4.79 Å². The summed E-state index contributed by atoms with van der Waals surface area (Å²) in [6, 6.07) is 15.9. The molecule has 5 heteroatoms. The van der Waals surface area contributed by atoms with E-state index in [1.807, 2.05) is 28.8 Å². The van der Waals surface area contributed by atoms with Gasteiger partial charge in [-0.25, -0.2) is 9.97 Å². The van der Waals surface area contributed by atoms with Crippen molar-refractivity contribution in [2.24, 2.45) is 0 Å². The molecule has 0 saturated carbocycles. The van der Waals surface area contributed by atoms with E-state index < -0.39 is 0 Å². The van der Waals surface area contributed by atoms with Gasteiger partial charge in [0, 0.05) is 24.0 Å². The molecule has 1 aromatic carbocycles. The number of Topliss-reactive ketones (excluding diaryl/α,β-unsaturated/α-hetero) is 1. The highest BCUT2D eigenvalue weighted by Crippen LogP contribution is 2.35. The summed E-state index contributed by atoms with van der Waals surface area (Å²) in [5.74, 6) is 0.500. The largest absolute Gasteiger partial charge is 0.293 e. The van der Waals surface area contributed by atoms with Crippen LogP contribution in [0.15, 0.2) is 60.9 Å². The van der Waals surface area contributed by atoms with Crippen LogP contribution >= 0.6 is 11.3 Å². The van der Waals surface area contributed by atoms with E-state index in [0.29, 0.717) is 11.6 Å². The summed E-state index contributed by atoms with van der Waals surface area (Å²) in [6.45, 7) is 1.56. The summed E-state index contributed by atoms with van der Waals surface area (Å²) in [4.78, 5) is 21.7. The number of hydrogen-bond donors (Lipinski definition) is 0. The monoisotopic (exact) mass is 319 g/mol. The second kappa shape index (κ2) is 5.44. The maximum atomic E-state index is 12.0. The third-order valence-electron chi connectivity index (χ3n) is 3.67. The van der Waals surface area contributed by atoms with Crippen molar-refractivity contribution in [1.82, 2.24) is 14.5 Å². The Morgan fingerprint density at radius 2 is 1.83 bits per heavy atom. The van der Waals surface area contributed by atoms with Gasteiger partial charge in [-0.3, -0.25) is 9.36 Å².